The van der Waals surface area contributed by atoms with Crippen molar-refractivity contribution in [3.8, 4) is 0 Å². The summed E-state index contributed by atoms with van der Waals surface area (Å²) >= 11 is 0. The van der Waals surface area contributed by atoms with Gasteiger partial charge in [0.25, 0.3) is 0 Å². The highest BCUT2D eigenvalue weighted by atomic mass is 16.5. The quantitative estimate of drug-likeness (QED) is 0.783. The molecule has 1 saturated heterocycles. The number of piperazine rings is 1. The third-order valence-electron chi connectivity index (χ3n) is 3.94. The fourth-order valence-electron chi connectivity index (χ4n) is 2.54. The van der Waals surface area contributed by atoms with Crippen molar-refractivity contribution < 1.29 is 9.53 Å². The Balaban J connectivity index is 1.84. The lowest BCUT2D eigenvalue weighted by atomic mass is 10.1. The minimum absolute atomic E-state index is 0.237. The van der Waals surface area contributed by atoms with Gasteiger partial charge in [0.1, 0.15) is 6.04 Å². The highest BCUT2D eigenvalue weighted by Crippen LogP contribution is 2.13. The molecular formula is C16H25N3O2. The number of esters is 1. The van der Waals surface area contributed by atoms with Gasteiger partial charge in [0.2, 0.25) is 0 Å². The fraction of sp³-hybridized carbons (Fsp3) is 0.562. The van der Waals surface area contributed by atoms with E-state index in [9.17, 15) is 4.79 Å². The molecular weight excluding hydrogens is 266 g/mol. The molecule has 1 aromatic rings. The van der Waals surface area contributed by atoms with Gasteiger partial charge in [-0.05, 0) is 12.6 Å². The van der Waals surface area contributed by atoms with Gasteiger partial charge in [-0.2, -0.15) is 0 Å². The molecule has 1 fully saturated rings. The molecule has 1 unspecified atom stereocenters. The average molecular weight is 291 g/mol. The molecule has 1 N–H and O–H groups in total. The van der Waals surface area contributed by atoms with Crippen LogP contribution in [0.4, 0.5) is 0 Å². The third kappa shape index (κ3) is 4.81. The van der Waals surface area contributed by atoms with Gasteiger partial charge in [-0.25, -0.2) is 4.79 Å². The topological polar surface area (TPSA) is 44.8 Å². The predicted octanol–water partition coefficient (Wildman–Crippen LogP) is 0.738. The number of rotatable bonds is 6. The highest BCUT2D eigenvalue weighted by molar-refractivity contribution is 5.77. The van der Waals surface area contributed by atoms with Crippen LogP contribution in [0.1, 0.15) is 11.6 Å². The van der Waals surface area contributed by atoms with Gasteiger partial charge < -0.3 is 9.64 Å². The Bertz CT molecular complexity index is 430. The Labute approximate surface area is 126 Å². The SMILES string of the molecule is COC(=O)C(NCCN1CCN(C)CC1)c1ccccc1. The second-order valence-corrected chi connectivity index (χ2v) is 5.47. The Hall–Kier alpha value is -1.43. The zero-order valence-corrected chi connectivity index (χ0v) is 12.9. The Kier molecular flexibility index (Phi) is 6.17. The molecule has 0 radical (unpaired) electrons. The number of likely N-dealkylation sites (N-methyl/N-ethyl adjacent to an activating group) is 1. The average Bonchev–Trinajstić information content (AvgIpc) is 2.53. The van der Waals surface area contributed by atoms with E-state index in [0.29, 0.717) is 0 Å². The lowest BCUT2D eigenvalue weighted by Gasteiger charge is -2.32. The molecule has 5 heteroatoms. The van der Waals surface area contributed by atoms with Crippen molar-refractivity contribution in [2.45, 2.75) is 6.04 Å². The molecule has 5 nitrogen and oxygen atoms in total. The van der Waals surface area contributed by atoms with Crippen molar-refractivity contribution in [2.24, 2.45) is 0 Å². The number of nitrogens with one attached hydrogen (secondary N) is 1. The van der Waals surface area contributed by atoms with Crippen molar-refractivity contribution >= 4 is 5.97 Å². The largest absolute Gasteiger partial charge is 0.468 e. The highest BCUT2D eigenvalue weighted by Gasteiger charge is 2.21. The number of benzene rings is 1. The van der Waals surface area contributed by atoms with Crippen LogP contribution in [-0.2, 0) is 9.53 Å². The number of carbonyl (C=O) groups excluding carboxylic acids is 1. The summed E-state index contributed by atoms with van der Waals surface area (Å²) < 4.78 is 4.90. The summed E-state index contributed by atoms with van der Waals surface area (Å²) in [5, 5.41) is 3.32. The molecule has 116 valence electrons. The smallest absolute Gasteiger partial charge is 0.327 e. The number of methoxy groups -OCH3 is 1. The molecule has 1 atom stereocenters. The monoisotopic (exact) mass is 291 g/mol. The molecule has 1 aromatic carbocycles. The van der Waals surface area contributed by atoms with E-state index < -0.39 is 0 Å². The molecule has 2 rings (SSSR count). The predicted molar refractivity (Wildman–Crippen MR) is 83.1 cm³/mol. The summed E-state index contributed by atoms with van der Waals surface area (Å²) in [6.07, 6.45) is 0. The van der Waals surface area contributed by atoms with Gasteiger partial charge in [-0.15, -0.1) is 0 Å². The summed E-state index contributed by atoms with van der Waals surface area (Å²) in [7, 11) is 3.58. The summed E-state index contributed by atoms with van der Waals surface area (Å²) in [4.78, 5) is 16.7. The molecule has 1 heterocycles. The van der Waals surface area contributed by atoms with Crippen LogP contribution in [0.15, 0.2) is 30.3 Å². The fourth-order valence-corrected chi connectivity index (χ4v) is 2.54. The maximum atomic E-state index is 11.9. The Morgan fingerprint density at radius 2 is 1.90 bits per heavy atom. The molecule has 0 aliphatic carbocycles. The first kappa shape index (κ1) is 15.9. The Morgan fingerprint density at radius 3 is 2.52 bits per heavy atom. The van der Waals surface area contributed by atoms with E-state index in [2.05, 4.69) is 22.2 Å². The molecule has 0 bridgehead atoms. The van der Waals surface area contributed by atoms with Crippen molar-refractivity contribution in [1.29, 1.82) is 0 Å². The minimum atomic E-state index is -0.385. The lowest BCUT2D eigenvalue weighted by molar-refractivity contribution is -0.143. The number of carbonyl (C=O) groups is 1. The van der Waals surface area contributed by atoms with Gasteiger partial charge in [-0.3, -0.25) is 10.2 Å². The number of hydrogen-bond acceptors (Lipinski definition) is 5. The van der Waals surface area contributed by atoms with Gasteiger partial charge in [0.05, 0.1) is 7.11 Å². The molecule has 0 amide bonds. The van der Waals surface area contributed by atoms with Crippen LogP contribution in [0.5, 0.6) is 0 Å². The van der Waals surface area contributed by atoms with E-state index in [0.717, 1.165) is 44.8 Å². The molecule has 1 aliphatic rings. The standard InChI is InChI=1S/C16H25N3O2/c1-18-10-12-19(13-11-18)9-8-17-15(16(20)21-2)14-6-4-3-5-7-14/h3-7,15,17H,8-13H2,1-2H3. The summed E-state index contributed by atoms with van der Waals surface area (Å²) in [6.45, 7) is 6.13. The van der Waals surface area contributed by atoms with Crippen LogP contribution >= 0.6 is 0 Å². The normalized spacial score (nSPS) is 18.4. The van der Waals surface area contributed by atoms with Crippen molar-refractivity contribution in [2.75, 3.05) is 53.4 Å². The Morgan fingerprint density at radius 1 is 1.24 bits per heavy atom. The van der Waals surface area contributed by atoms with Crippen LogP contribution in [-0.4, -0.2) is 69.2 Å². The maximum absolute atomic E-state index is 11.9. The van der Waals surface area contributed by atoms with E-state index in [1.807, 2.05) is 30.3 Å². The van der Waals surface area contributed by atoms with E-state index in [4.69, 9.17) is 4.74 Å². The number of ether oxygens (including phenoxy) is 1. The van der Waals surface area contributed by atoms with E-state index in [-0.39, 0.29) is 12.0 Å². The molecule has 0 aromatic heterocycles. The second-order valence-electron chi connectivity index (χ2n) is 5.47. The van der Waals surface area contributed by atoms with Crippen molar-refractivity contribution in [3.05, 3.63) is 35.9 Å². The van der Waals surface area contributed by atoms with Gasteiger partial charge in [0, 0.05) is 39.3 Å². The third-order valence-corrected chi connectivity index (χ3v) is 3.94. The van der Waals surface area contributed by atoms with Crippen LogP contribution < -0.4 is 5.32 Å². The molecule has 0 spiro atoms. The van der Waals surface area contributed by atoms with E-state index in [1.54, 1.807) is 0 Å². The maximum Gasteiger partial charge on any atom is 0.327 e. The molecule has 0 saturated carbocycles. The van der Waals surface area contributed by atoms with E-state index >= 15 is 0 Å². The molecule has 21 heavy (non-hydrogen) atoms. The van der Waals surface area contributed by atoms with Crippen molar-refractivity contribution in [3.63, 3.8) is 0 Å². The molecule has 1 aliphatic heterocycles. The van der Waals surface area contributed by atoms with Gasteiger partial charge in [-0.1, -0.05) is 30.3 Å². The van der Waals surface area contributed by atoms with Crippen molar-refractivity contribution in [1.82, 2.24) is 15.1 Å². The van der Waals surface area contributed by atoms with Gasteiger partial charge in [0.15, 0.2) is 0 Å². The number of hydrogen-bond donors (Lipinski definition) is 1. The first-order chi connectivity index (χ1) is 10.2. The van der Waals surface area contributed by atoms with Crippen LogP contribution in [0.2, 0.25) is 0 Å². The van der Waals surface area contributed by atoms with Gasteiger partial charge >= 0.3 is 5.97 Å². The summed E-state index contributed by atoms with van der Waals surface area (Å²) in [6, 6.07) is 9.33. The van der Waals surface area contributed by atoms with Crippen LogP contribution in [0.25, 0.3) is 0 Å². The zero-order chi connectivity index (χ0) is 15.1. The number of nitrogens with zero attached hydrogens (tertiary/aromatic N) is 2. The van der Waals surface area contributed by atoms with Crippen LogP contribution in [0, 0.1) is 0 Å². The second kappa shape index (κ2) is 8.12. The summed E-state index contributed by atoms with van der Waals surface area (Å²) in [5.41, 5.74) is 0.947. The first-order valence-corrected chi connectivity index (χ1v) is 7.48. The first-order valence-electron chi connectivity index (χ1n) is 7.48. The lowest BCUT2D eigenvalue weighted by Crippen LogP contribution is -2.47. The van der Waals surface area contributed by atoms with Crippen LogP contribution in [0.3, 0.4) is 0 Å². The minimum Gasteiger partial charge on any atom is -0.468 e. The summed E-state index contributed by atoms with van der Waals surface area (Å²) in [5.74, 6) is -0.237. The zero-order valence-electron chi connectivity index (χ0n) is 12.9. The van der Waals surface area contributed by atoms with E-state index in [1.165, 1.54) is 7.11 Å².